The van der Waals surface area contributed by atoms with Crippen molar-refractivity contribution in [2.24, 2.45) is 0 Å². The number of rotatable bonds is 3. The third kappa shape index (κ3) is 3.22. The molecule has 0 aliphatic rings. The topological polar surface area (TPSA) is 29.1 Å². The van der Waals surface area contributed by atoms with Gasteiger partial charge in [-0.15, -0.1) is 0 Å². The molecule has 0 spiro atoms. The number of para-hydroxylation sites is 1. The number of anilines is 1. The van der Waals surface area contributed by atoms with Crippen LogP contribution in [0, 0.1) is 27.7 Å². The lowest BCUT2D eigenvalue weighted by molar-refractivity contribution is 0.102. The van der Waals surface area contributed by atoms with Crippen LogP contribution in [-0.4, -0.2) is 5.91 Å². The van der Waals surface area contributed by atoms with E-state index in [0.717, 1.165) is 27.9 Å². The number of benzene rings is 2. The smallest absolute Gasteiger partial charge is 0.256 e. The summed E-state index contributed by atoms with van der Waals surface area (Å²) in [5, 5.41) is 3.14. The van der Waals surface area contributed by atoms with E-state index >= 15 is 0 Å². The molecule has 2 aromatic carbocycles. The summed E-state index contributed by atoms with van der Waals surface area (Å²) in [7, 11) is 0. The molecule has 2 heteroatoms. The lowest BCUT2D eigenvalue weighted by Crippen LogP contribution is -2.17. The van der Waals surface area contributed by atoms with Gasteiger partial charge in [0.15, 0.2) is 0 Å². The minimum absolute atomic E-state index is 0.0220. The zero-order chi connectivity index (χ0) is 16.4. The van der Waals surface area contributed by atoms with E-state index in [1.54, 1.807) is 0 Å². The van der Waals surface area contributed by atoms with Crippen molar-refractivity contribution in [3.05, 3.63) is 63.7 Å². The first kappa shape index (κ1) is 16.3. The summed E-state index contributed by atoms with van der Waals surface area (Å²) in [4.78, 5) is 12.8. The molecule has 0 saturated carbocycles. The van der Waals surface area contributed by atoms with Crippen molar-refractivity contribution in [3.8, 4) is 0 Å². The van der Waals surface area contributed by atoms with Gasteiger partial charge >= 0.3 is 0 Å². The van der Waals surface area contributed by atoms with Gasteiger partial charge in [-0.05, 0) is 55.9 Å². The van der Waals surface area contributed by atoms with Gasteiger partial charge in [0.2, 0.25) is 0 Å². The van der Waals surface area contributed by atoms with Gasteiger partial charge in [0.05, 0.1) is 0 Å². The molecule has 1 amide bonds. The lowest BCUT2D eigenvalue weighted by Gasteiger charge is -2.18. The van der Waals surface area contributed by atoms with Crippen molar-refractivity contribution in [3.63, 3.8) is 0 Å². The highest BCUT2D eigenvalue weighted by Gasteiger charge is 2.16. The van der Waals surface area contributed by atoms with E-state index in [1.807, 2.05) is 32.9 Å². The summed E-state index contributed by atoms with van der Waals surface area (Å²) < 4.78 is 0. The minimum atomic E-state index is -0.0220. The van der Waals surface area contributed by atoms with Crippen LogP contribution >= 0.6 is 0 Å². The Morgan fingerprint density at radius 1 is 0.955 bits per heavy atom. The number of hydrogen-bond acceptors (Lipinski definition) is 1. The van der Waals surface area contributed by atoms with Crippen LogP contribution in [-0.2, 0) is 0 Å². The zero-order valence-corrected chi connectivity index (χ0v) is 14.4. The summed E-state index contributed by atoms with van der Waals surface area (Å²) >= 11 is 0. The van der Waals surface area contributed by atoms with Crippen LogP contribution in [0.3, 0.4) is 0 Å². The van der Waals surface area contributed by atoms with Gasteiger partial charge in [-0.2, -0.15) is 0 Å². The van der Waals surface area contributed by atoms with Crippen LogP contribution in [0.1, 0.15) is 57.9 Å². The van der Waals surface area contributed by atoms with Crippen molar-refractivity contribution in [2.45, 2.75) is 47.5 Å². The summed E-state index contributed by atoms with van der Waals surface area (Å²) in [5.41, 5.74) is 7.23. The van der Waals surface area contributed by atoms with E-state index in [4.69, 9.17) is 0 Å². The Bertz CT molecular complexity index is 691. The number of aryl methyl sites for hydroxylation is 4. The molecule has 22 heavy (non-hydrogen) atoms. The molecule has 116 valence electrons. The quantitative estimate of drug-likeness (QED) is 0.818. The van der Waals surface area contributed by atoms with Crippen LogP contribution in [0.5, 0.6) is 0 Å². The Labute approximate surface area is 133 Å². The predicted octanol–water partition coefficient (Wildman–Crippen LogP) is 5.30. The fourth-order valence-corrected chi connectivity index (χ4v) is 3.06. The van der Waals surface area contributed by atoms with E-state index in [9.17, 15) is 4.79 Å². The third-order valence-corrected chi connectivity index (χ3v) is 4.07. The van der Waals surface area contributed by atoms with Crippen LogP contribution < -0.4 is 5.32 Å². The molecule has 2 nitrogen and oxygen atoms in total. The zero-order valence-electron chi connectivity index (χ0n) is 14.4. The van der Waals surface area contributed by atoms with Gasteiger partial charge in [-0.3, -0.25) is 4.79 Å². The van der Waals surface area contributed by atoms with Crippen molar-refractivity contribution in [1.82, 2.24) is 0 Å². The number of hydrogen-bond donors (Lipinski definition) is 1. The second kappa shape index (κ2) is 6.35. The first-order valence-electron chi connectivity index (χ1n) is 7.80. The molecule has 0 radical (unpaired) electrons. The van der Waals surface area contributed by atoms with Gasteiger partial charge in [0, 0.05) is 11.3 Å². The fraction of sp³-hybridized carbons (Fsp3) is 0.350. The SMILES string of the molecule is Cc1cc(C)c(C(=O)Nc2c(C)cccc2C(C)C)c(C)c1. The van der Waals surface area contributed by atoms with Gasteiger partial charge < -0.3 is 5.32 Å². The van der Waals surface area contributed by atoms with Crippen molar-refractivity contribution in [1.29, 1.82) is 0 Å². The van der Waals surface area contributed by atoms with Gasteiger partial charge in [-0.1, -0.05) is 49.7 Å². The standard InChI is InChI=1S/C20H25NO/c1-12(2)17-9-7-8-14(4)19(17)21-20(22)18-15(5)10-13(3)11-16(18)6/h7-12H,1-6H3,(H,21,22). The van der Waals surface area contributed by atoms with Crippen LogP contribution in [0.15, 0.2) is 30.3 Å². The van der Waals surface area contributed by atoms with Crippen molar-refractivity contribution < 1.29 is 4.79 Å². The molecule has 2 rings (SSSR count). The van der Waals surface area contributed by atoms with Crippen LogP contribution in [0.25, 0.3) is 0 Å². The van der Waals surface area contributed by atoms with E-state index in [2.05, 4.69) is 44.3 Å². The highest BCUT2D eigenvalue weighted by Crippen LogP contribution is 2.28. The fourth-order valence-electron chi connectivity index (χ4n) is 3.06. The number of carbonyl (C=O) groups is 1. The molecule has 0 aromatic heterocycles. The molecule has 0 saturated heterocycles. The Morgan fingerprint density at radius 3 is 2.09 bits per heavy atom. The molecule has 0 unspecified atom stereocenters. The van der Waals surface area contributed by atoms with E-state index in [-0.39, 0.29) is 5.91 Å². The summed E-state index contributed by atoms with van der Waals surface area (Å²) in [6.07, 6.45) is 0. The highest BCUT2D eigenvalue weighted by atomic mass is 16.1. The number of nitrogens with one attached hydrogen (secondary N) is 1. The highest BCUT2D eigenvalue weighted by molar-refractivity contribution is 6.07. The average molecular weight is 295 g/mol. The average Bonchev–Trinajstić information content (AvgIpc) is 2.39. The van der Waals surface area contributed by atoms with Gasteiger partial charge in [-0.25, -0.2) is 0 Å². The largest absolute Gasteiger partial charge is 0.321 e. The number of carbonyl (C=O) groups excluding carboxylic acids is 1. The Kier molecular flexibility index (Phi) is 4.70. The first-order chi connectivity index (χ1) is 10.3. The maximum Gasteiger partial charge on any atom is 0.256 e. The molecule has 0 aliphatic carbocycles. The monoisotopic (exact) mass is 295 g/mol. The number of amides is 1. The Balaban J connectivity index is 2.43. The van der Waals surface area contributed by atoms with E-state index in [0.29, 0.717) is 5.92 Å². The molecule has 1 N–H and O–H groups in total. The van der Waals surface area contributed by atoms with Gasteiger partial charge in [0.25, 0.3) is 5.91 Å². The van der Waals surface area contributed by atoms with Crippen molar-refractivity contribution in [2.75, 3.05) is 5.32 Å². The van der Waals surface area contributed by atoms with E-state index in [1.165, 1.54) is 11.1 Å². The van der Waals surface area contributed by atoms with Crippen LogP contribution in [0.2, 0.25) is 0 Å². The molecule has 0 fully saturated rings. The summed E-state index contributed by atoms with van der Waals surface area (Å²) in [6, 6.07) is 10.3. The van der Waals surface area contributed by atoms with Crippen molar-refractivity contribution >= 4 is 11.6 Å². The predicted molar refractivity (Wildman–Crippen MR) is 93.9 cm³/mol. The Hall–Kier alpha value is -2.09. The minimum Gasteiger partial charge on any atom is -0.321 e. The molecule has 0 aliphatic heterocycles. The second-order valence-corrected chi connectivity index (χ2v) is 6.42. The maximum atomic E-state index is 12.8. The Morgan fingerprint density at radius 2 is 1.55 bits per heavy atom. The maximum absolute atomic E-state index is 12.8. The molecular weight excluding hydrogens is 270 g/mol. The second-order valence-electron chi connectivity index (χ2n) is 6.42. The van der Waals surface area contributed by atoms with E-state index < -0.39 is 0 Å². The molecule has 0 atom stereocenters. The van der Waals surface area contributed by atoms with Crippen LogP contribution in [0.4, 0.5) is 5.69 Å². The first-order valence-corrected chi connectivity index (χ1v) is 7.80. The summed E-state index contributed by atoms with van der Waals surface area (Å²) in [5.74, 6) is 0.349. The molecular formula is C20H25NO. The third-order valence-electron chi connectivity index (χ3n) is 4.07. The molecule has 2 aromatic rings. The lowest BCUT2D eigenvalue weighted by atomic mass is 9.96. The molecule has 0 bridgehead atoms. The summed E-state index contributed by atoms with van der Waals surface area (Å²) in [6.45, 7) is 12.4. The van der Waals surface area contributed by atoms with Gasteiger partial charge in [0.1, 0.15) is 0 Å². The molecule has 0 heterocycles. The normalized spacial score (nSPS) is 10.9.